The van der Waals surface area contributed by atoms with Crippen molar-refractivity contribution in [1.29, 1.82) is 0 Å². The molecule has 1 fully saturated rings. The summed E-state index contributed by atoms with van der Waals surface area (Å²) in [5, 5.41) is 10.4. The van der Waals surface area contributed by atoms with E-state index in [1.165, 1.54) is 10.6 Å². The highest BCUT2D eigenvalue weighted by atomic mass is 16.5. The van der Waals surface area contributed by atoms with E-state index in [0.717, 1.165) is 44.0 Å². The molecule has 0 saturated carbocycles. The fraction of sp³-hybridized carbons (Fsp3) is 0.368. The summed E-state index contributed by atoms with van der Waals surface area (Å²) in [6.07, 6.45) is -0.417. The van der Waals surface area contributed by atoms with Crippen molar-refractivity contribution in [3.63, 3.8) is 0 Å². The lowest BCUT2D eigenvalue weighted by atomic mass is 10.1. The van der Waals surface area contributed by atoms with Gasteiger partial charge in [-0.2, -0.15) is 0 Å². The number of aliphatic hydroxyl groups excluding tert-OH is 1. The van der Waals surface area contributed by atoms with Gasteiger partial charge in [-0.05, 0) is 29.8 Å². The molecule has 1 aliphatic heterocycles. The maximum absolute atomic E-state index is 10.4. The number of ether oxygens (including phenoxy) is 1. The molecule has 2 aromatic carbocycles. The fourth-order valence-corrected chi connectivity index (χ4v) is 3.14. The summed E-state index contributed by atoms with van der Waals surface area (Å²) < 4.78 is 5.16. The molecule has 23 heavy (non-hydrogen) atoms. The quantitative estimate of drug-likeness (QED) is 0.869. The van der Waals surface area contributed by atoms with Gasteiger partial charge in [0, 0.05) is 5.69 Å². The predicted molar refractivity (Wildman–Crippen MR) is 92.2 cm³/mol. The second kappa shape index (κ2) is 7.49. The molecule has 1 saturated heterocycles. The molecule has 0 amide bonds. The van der Waals surface area contributed by atoms with E-state index in [-0.39, 0.29) is 0 Å². The van der Waals surface area contributed by atoms with E-state index in [2.05, 4.69) is 35.2 Å². The average Bonchev–Trinajstić information content (AvgIpc) is 2.63. The van der Waals surface area contributed by atoms with Crippen LogP contribution in [0.4, 0.5) is 5.69 Å². The van der Waals surface area contributed by atoms with Crippen LogP contribution in [0.3, 0.4) is 0 Å². The third-order valence-electron chi connectivity index (χ3n) is 4.57. The van der Waals surface area contributed by atoms with Crippen molar-refractivity contribution in [2.45, 2.75) is 6.10 Å². The molecule has 0 unspecified atom stereocenters. The molecule has 122 valence electrons. The lowest BCUT2D eigenvalue weighted by Crippen LogP contribution is -3.15. The minimum atomic E-state index is -0.417. The Hall–Kier alpha value is -2.04. The van der Waals surface area contributed by atoms with E-state index in [4.69, 9.17) is 4.74 Å². The summed E-state index contributed by atoms with van der Waals surface area (Å²) in [5.41, 5.74) is 2.26. The van der Waals surface area contributed by atoms with Crippen LogP contribution in [0.25, 0.3) is 0 Å². The highest BCUT2D eigenvalue weighted by molar-refractivity contribution is 5.46. The summed E-state index contributed by atoms with van der Waals surface area (Å²) in [4.78, 5) is 3.88. The lowest BCUT2D eigenvalue weighted by molar-refractivity contribution is -0.904. The molecule has 1 heterocycles. The summed E-state index contributed by atoms with van der Waals surface area (Å²) in [6.45, 7) is 4.95. The van der Waals surface area contributed by atoms with Crippen molar-refractivity contribution in [1.82, 2.24) is 0 Å². The van der Waals surface area contributed by atoms with Gasteiger partial charge in [0.1, 0.15) is 18.4 Å². The van der Waals surface area contributed by atoms with E-state index in [1.54, 1.807) is 7.11 Å². The molecule has 4 nitrogen and oxygen atoms in total. The first-order valence-electron chi connectivity index (χ1n) is 8.22. The van der Waals surface area contributed by atoms with Gasteiger partial charge in [0.05, 0.1) is 33.3 Å². The summed E-state index contributed by atoms with van der Waals surface area (Å²) in [6, 6.07) is 18.3. The van der Waals surface area contributed by atoms with Gasteiger partial charge in [-0.3, -0.25) is 0 Å². The molecule has 2 aromatic rings. The van der Waals surface area contributed by atoms with Crippen molar-refractivity contribution in [2.24, 2.45) is 0 Å². The van der Waals surface area contributed by atoms with E-state index < -0.39 is 6.10 Å². The predicted octanol–water partition coefficient (Wildman–Crippen LogP) is 1.13. The number of rotatable bonds is 5. The molecule has 1 atom stereocenters. The van der Waals surface area contributed by atoms with Crippen LogP contribution in [0.15, 0.2) is 54.6 Å². The molecule has 1 aliphatic rings. The SMILES string of the molecule is COc1ccc([C@@H](O)C[NH+]2CCN(c3ccccc3)CC2)cc1. The number of quaternary nitrogens is 1. The number of nitrogens with zero attached hydrogens (tertiary/aromatic N) is 1. The number of benzene rings is 2. The Labute approximate surface area is 137 Å². The Kier molecular flexibility index (Phi) is 5.16. The molecular formula is C19H25N2O2+. The van der Waals surface area contributed by atoms with Crippen LogP contribution in [-0.4, -0.2) is 44.9 Å². The van der Waals surface area contributed by atoms with Crippen LogP contribution in [0.5, 0.6) is 5.75 Å². The number of para-hydroxylation sites is 1. The Bertz CT molecular complexity index is 593. The molecule has 0 spiro atoms. The van der Waals surface area contributed by atoms with Crippen molar-refractivity contribution in [3.8, 4) is 5.75 Å². The minimum Gasteiger partial charge on any atom is -0.497 e. The first-order chi connectivity index (χ1) is 11.3. The summed E-state index contributed by atoms with van der Waals surface area (Å²) >= 11 is 0. The third-order valence-corrected chi connectivity index (χ3v) is 4.57. The first kappa shape index (κ1) is 15.8. The van der Waals surface area contributed by atoms with Crippen LogP contribution in [-0.2, 0) is 0 Å². The number of aliphatic hydroxyl groups is 1. The molecular weight excluding hydrogens is 288 g/mol. The molecule has 0 aromatic heterocycles. The Balaban J connectivity index is 1.51. The average molecular weight is 313 g/mol. The number of hydrogen-bond acceptors (Lipinski definition) is 3. The smallest absolute Gasteiger partial charge is 0.128 e. The van der Waals surface area contributed by atoms with Crippen molar-refractivity contribution >= 4 is 5.69 Å². The Morgan fingerprint density at radius 1 is 1.04 bits per heavy atom. The monoisotopic (exact) mass is 313 g/mol. The fourth-order valence-electron chi connectivity index (χ4n) is 3.14. The van der Waals surface area contributed by atoms with Gasteiger partial charge in [0.15, 0.2) is 0 Å². The van der Waals surface area contributed by atoms with Crippen LogP contribution in [0, 0.1) is 0 Å². The number of methoxy groups -OCH3 is 1. The van der Waals surface area contributed by atoms with Gasteiger partial charge in [-0.15, -0.1) is 0 Å². The number of nitrogens with one attached hydrogen (secondary N) is 1. The van der Waals surface area contributed by atoms with Crippen LogP contribution in [0.2, 0.25) is 0 Å². The topological polar surface area (TPSA) is 37.1 Å². The van der Waals surface area contributed by atoms with Gasteiger partial charge in [0.2, 0.25) is 0 Å². The van der Waals surface area contributed by atoms with E-state index >= 15 is 0 Å². The third kappa shape index (κ3) is 4.03. The maximum atomic E-state index is 10.4. The molecule has 0 radical (unpaired) electrons. The lowest BCUT2D eigenvalue weighted by Gasteiger charge is -2.34. The summed E-state index contributed by atoms with van der Waals surface area (Å²) in [7, 11) is 1.65. The molecule has 4 heteroatoms. The zero-order chi connectivity index (χ0) is 16.1. The molecule has 3 rings (SSSR count). The van der Waals surface area contributed by atoms with Gasteiger partial charge < -0.3 is 19.6 Å². The van der Waals surface area contributed by atoms with Gasteiger partial charge in [0.25, 0.3) is 0 Å². The van der Waals surface area contributed by atoms with Crippen LogP contribution >= 0.6 is 0 Å². The maximum Gasteiger partial charge on any atom is 0.128 e. The zero-order valence-electron chi connectivity index (χ0n) is 13.6. The number of anilines is 1. The highest BCUT2D eigenvalue weighted by Gasteiger charge is 2.23. The van der Waals surface area contributed by atoms with E-state index in [9.17, 15) is 5.11 Å². The van der Waals surface area contributed by atoms with Gasteiger partial charge in [-0.25, -0.2) is 0 Å². The largest absolute Gasteiger partial charge is 0.497 e. The minimum absolute atomic E-state index is 0.417. The molecule has 0 bridgehead atoms. The van der Waals surface area contributed by atoms with Gasteiger partial charge in [-0.1, -0.05) is 30.3 Å². The Morgan fingerprint density at radius 2 is 1.70 bits per heavy atom. The zero-order valence-corrected chi connectivity index (χ0v) is 13.6. The van der Waals surface area contributed by atoms with E-state index in [1.807, 2.05) is 24.3 Å². The molecule has 0 aliphatic carbocycles. The van der Waals surface area contributed by atoms with Crippen molar-refractivity contribution in [2.75, 3.05) is 44.7 Å². The number of piperazine rings is 1. The summed E-state index contributed by atoms with van der Waals surface area (Å²) in [5.74, 6) is 0.824. The highest BCUT2D eigenvalue weighted by Crippen LogP contribution is 2.17. The standard InChI is InChI=1S/C19H24N2O2/c1-23-18-9-7-16(8-10-18)19(22)15-20-11-13-21(14-12-20)17-5-3-2-4-6-17/h2-10,19,22H,11-15H2,1H3/p+1/t19-/m0/s1. The second-order valence-electron chi connectivity index (χ2n) is 6.07. The van der Waals surface area contributed by atoms with Gasteiger partial charge >= 0.3 is 0 Å². The second-order valence-corrected chi connectivity index (χ2v) is 6.07. The first-order valence-corrected chi connectivity index (χ1v) is 8.22. The van der Waals surface area contributed by atoms with Crippen LogP contribution < -0.4 is 14.5 Å². The normalized spacial score (nSPS) is 17.0. The Morgan fingerprint density at radius 3 is 2.30 bits per heavy atom. The van der Waals surface area contributed by atoms with Crippen LogP contribution in [0.1, 0.15) is 11.7 Å². The van der Waals surface area contributed by atoms with E-state index in [0.29, 0.717) is 0 Å². The number of hydrogen-bond donors (Lipinski definition) is 2. The van der Waals surface area contributed by atoms with Crippen molar-refractivity contribution in [3.05, 3.63) is 60.2 Å². The molecule has 2 N–H and O–H groups in total. The van der Waals surface area contributed by atoms with Crippen molar-refractivity contribution < 1.29 is 14.7 Å².